The van der Waals surface area contributed by atoms with Crippen LogP contribution in [0.4, 0.5) is 0 Å². The second kappa shape index (κ2) is 5.80. The first kappa shape index (κ1) is 14.6. The Bertz CT molecular complexity index is 918. The quantitative estimate of drug-likeness (QED) is 0.647. The molecule has 0 saturated heterocycles. The lowest BCUT2D eigenvalue weighted by molar-refractivity contribution is 0.848. The van der Waals surface area contributed by atoms with Crippen molar-refractivity contribution in [2.24, 2.45) is 0 Å². The van der Waals surface area contributed by atoms with E-state index in [9.17, 15) is 5.26 Å². The van der Waals surface area contributed by atoms with Gasteiger partial charge in [-0.3, -0.25) is 0 Å². The minimum atomic E-state index is 0.352. The van der Waals surface area contributed by atoms with Gasteiger partial charge in [-0.2, -0.15) is 5.26 Å². The molecule has 0 N–H and O–H groups in total. The molecule has 1 heterocycles. The largest absolute Gasteiger partial charge is 0.202 e. The van der Waals surface area contributed by atoms with Crippen LogP contribution in [0.5, 0.6) is 0 Å². The summed E-state index contributed by atoms with van der Waals surface area (Å²) in [5, 5.41) is 18.3. The van der Waals surface area contributed by atoms with Crippen molar-refractivity contribution >= 4 is 46.0 Å². The topological polar surface area (TPSA) is 54.5 Å². The van der Waals surface area contributed by atoms with Gasteiger partial charge < -0.3 is 0 Å². The van der Waals surface area contributed by atoms with Crippen LogP contribution < -0.4 is 0 Å². The molecule has 3 rings (SSSR count). The number of hydrogen-bond donors (Lipinski definition) is 0. The maximum atomic E-state index is 9.43. The van der Waals surface area contributed by atoms with E-state index in [4.69, 9.17) is 23.2 Å². The Hall–Kier alpha value is -2.35. The van der Waals surface area contributed by atoms with Crippen LogP contribution in [0.25, 0.3) is 22.8 Å². The number of aryl methyl sites for hydroxylation is 1. The molecular weight excluding hydrogens is 319 g/mol. The van der Waals surface area contributed by atoms with Crippen molar-refractivity contribution in [3.8, 4) is 6.07 Å². The molecule has 0 spiro atoms. The molecule has 108 valence electrons. The molecule has 0 amide bonds. The van der Waals surface area contributed by atoms with Gasteiger partial charge >= 0.3 is 0 Å². The Labute approximate surface area is 137 Å². The highest BCUT2D eigenvalue weighted by Crippen LogP contribution is 2.28. The average Bonchev–Trinajstić information content (AvgIpc) is 2.90. The van der Waals surface area contributed by atoms with Gasteiger partial charge in [0.2, 0.25) is 0 Å². The molecule has 4 nitrogen and oxygen atoms in total. The standard InChI is InChI=1S/C16H10Cl2N4/c1-10-2-4-11(5-3-10)6-12(9-19)22-16-8-14(18)13(17)7-15(16)20-21-22/h2-8H,1H3/b12-6+. The van der Waals surface area contributed by atoms with Crippen molar-refractivity contribution in [2.75, 3.05) is 0 Å². The second-order valence-electron chi connectivity index (χ2n) is 4.81. The van der Waals surface area contributed by atoms with E-state index in [1.54, 1.807) is 18.2 Å². The van der Waals surface area contributed by atoms with Gasteiger partial charge in [0.25, 0.3) is 0 Å². The number of benzene rings is 2. The third-order valence-corrected chi connectivity index (χ3v) is 3.93. The highest BCUT2D eigenvalue weighted by Gasteiger charge is 2.11. The molecule has 0 bridgehead atoms. The maximum absolute atomic E-state index is 9.43. The smallest absolute Gasteiger partial charge is 0.145 e. The number of fused-ring (bicyclic) bond motifs is 1. The van der Waals surface area contributed by atoms with Crippen LogP contribution in [0.2, 0.25) is 10.0 Å². The molecular formula is C16H10Cl2N4. The summed E-state index contributed by atoms with van der Waals surface area (Å²) in [5.74, 6) is 0. The van der Waals surface area contributed by atoms with Gasteiger partial charge in [-0.1, -0.05) is 58.2 Å². The third kappa shape index (κ3) is 2.69. The molecule has 0 unspecified atom stereocenters. The van der Waals surface area contributed by atoms with E-state index in [1.165, 1.54) is 4.68 Å². The minimum absolute atomic E-state index is 0.352. The summed E-state index contributed by atoms with van der Waals surface area (Å²) < 4.78 is 1.46. The monoisotopic (exact) mass is 328 g/mol. The molecule has 0 aliphatic heterocycles. The Balaban J connectivity index is 2.13. The number of hydrogen-bond acceptors (Lipinski definition) is 3. The fraction of sp³-hybridized carbons (Fsp3) is 0.0625. The van der Waals surface area contributed by atoms with E-state index in [1.807, 2.05) is 31.2 Å². The molecule has 0 radical (unpaired) electrons. The SMILES string of the molecule is Cc1ccc(/C=C(\C#N)n2nnc3cc(Cl)c(Cl)cc32)cc1. The van der Waals surface area contributed by atoms with Crippen LogP contribution >= 0.6 is 23.2 Å². The lowest BCUT2D eigenvalue weighted by Gasteiger charge is -2.02. The highest BCUT2D eigenvalue weighted by atomic mass is 35.5. The van der Waals surface area contributed by atoms with Crippen molar-refractivity contribution in [3.63, 3.8) is 0 Å². The molecule has 22 heavy (non-hydrogen) atoms. The molecule has 3 aromatic rings. The van der Waals surface area contributed by atoms with Gasteiger partial charge in [0.15, 0.2) is 0 Å². The Kier molecular flexibility index (Phi) is 3.84. The van der Waals surface area contributed by atoms with Crippen LogP contribution in [0, 0.1) is 18.3 Å². The molecule has 0 saturated carbocycles. The van der Waals surface area contributed by atoms with Crippen molar-refractivity contribution in [2.45, 2.75) is 6.92 Å². The third-order valence-electron chi connectivity index (χ3n) is 3.21. The summed E-state index contributed by atoms with van der Waals surface area (Å²) >= 11 is 12.0. The fourth-order valence-electron chi connectivity index (χ4n) is 2.06. The Morgan fingerprint density at radius 2 is 1.86 bits per heavy atom. The molecule has 6 heteroatoms. The summed E-state index contributed by atoms with van der Waals surface area (Å²) in [6, 6.07) is 13.3. The van der Waals surface area contributed by atoms with Gasteiger partial charge in [0.1, 0.15) is 17.3 Å². The van der Waals surface area contributed by atoms with Crippen molar-refractivity contribution in [3.05, 3.63) is 57.6 Å². The lowest BCUT2D eigenvalue weighted by Crippen LogP contribution is -1.97. The van der Waals surface area contributed by atoms with Gasteiger partial charge in [-0.25, -0.2) is 4.68 Å². The van der Waals surface area contributed by atoms with Crippen molar-refractivity contribution < 1.29 is 0 Å². The zero-order valence-electron chi connectivity index (χ0n) is 11.6. The van der Waals surface area contributed by atoms with Crippen LogP contribution in [0.15, 0.2) is 36.4 Å². The first-order chi connectivity index (χ1) is 10.6. The van der Waals surface area contributed by atoms with E-state index in [0.29, 0.717) is 26.8 Å². The number of nitriles is 1. The lowest BCUT2D eigenvalue weighted by atomic mass is 10.1. The molecule has 0 aliphatic rings. The van der Waals surface area contributed by atoms with E-state index in [-0.39, 0.29) is 0 Å². The van der Waals surface area contributed by atoms with Gasteiger partial charge in [-0.15, -0.1) is 5.10 Å². The summed E-state index contributed by atoms with van der Waals surface area (Å²) in [4.78, 5) is 0. The minimum Gasteiger partial charge on any atom is -0.202 e. The van der Waals surface area contributed by atoms with Crippen LogP contribution in [-0.2, 0) is 0 Å². The van der Waals surface area contributed by atoms with E-state index in [0.717, 1.165) is 11.1 Å². The molecule has 1 aromatic heterocycles. The Morgan fingerprint density at radius 3 is 2.55 bits per heavy atom. The summed E-state index contributed by atoms with van der Waals surface area (Å²) in [6.45, 7) is 2.01. The van der Waals surface area contributed by atoms with Gasteiger partial charge in [-0.05, 0) is 30.7 Å². The summed E-state index contributed by atoms with van der Waals surface area (Å²) in [7, 11) is 0. The normalized spacial score (nSPS) is 11.6. The fourth-order valence-corrected chi connectivity index (χ4v) is 2.37. The summed E-state index contributed by atoms with van der Waals surface area (Å²) in [6.07, 6.45) is 1.75. The van der Waals surface area contributed by atoms with E-state index >= 15 is 0 Å². The first-order valence-electron chi connectivity index (χ1n) is 6.48. The van der Waals surface area contributed by atoms with Crippen LogP contribution in [-0.4, -0.2) is 15.0 Å². The van der Waals surface area contributed by atoms with Crippen molar-refractivity contribution in [1.29, 1.82) is 5.26 Å². The van der Waals surface area contributed by atoms with Crippen LogP contribution in [0.1, 0.15) is 11.1 Å². The predicted octanol–water partition coefficient (Wildman–Crippen LogP) is 4.57. The number of rotatable bonds is 2. The zero-order valence-corrected chi connectivity index (χ0v) is 13.1. The second-order valence-corrected chi connectivity index (χ2v) is 5.62. The first-order valence-corrected chi connectivity index (χ1v) is 7.23. The maximum Gasteiger partial charge on any atom is 0.145 e. The predicted molar refractivity (Wildman–Crippen MR) is 88.5 cm³/mol. The average molecular weight is 329 g/mol. The number of allylic oxidation sites excluding steroid dienone is 1. The van der Waals surface area contributed by atoms with Crippen molar-refractivity contribution in [1.82, 2.24) is 15.0 Å². The van der Waals surface area contributed by atoms with E-state index in [2.05, 4.69) is 16.4 Å². The Morgan fingerprint density at radius 1 is 1.18 bits per heavy atom. The van der Waals surface area contributed by atoms with Gasteiger partial charge in [0, 0.05) is 0 Å². The van der Waals surface area contributed by atoms with Gasteiger partial charge in [0.05, 0.1) is 15.6 Å². The highest BCUT2D eigenvalue weighted by molar-refractivity contribution is 6.42. The molecule has 0 atom stereocenters. The molecule has 0 aliphatic carbocycles. The zero-order chi connectivity index (χ0) is 15.7. The van der Waals surface area contributed by atoms with E-state index < -0.39 is 0 Å². The number of aromatic nitrogens is 3. The summed E-state index contributed by atoms with van der Waals surface area (Å²) in [5.41, 5.74) is 3.63. The molecule has 0 fully saturated rings. The number of nitrogens with zero attached hydrogens (tertiary/aromatic N) is 4. The number of halogens is 2. The molecule has 2 aromatic carbocycles. The van der Waals surface area contributed by atoms with Crippen LogP contribution in [0.3, 0.4) is 0 Å².